The van der Waals surface area contributed by atoms with Gasteiger partial charge in [-0.05, 0) is 44.5 Å². The Hall–Kier alpha value is -1.69. The molecule has 1 heterocycles. The van der Waals surface area contributed by atoms with Gasteiger partial charge in [-0.15, -0.1) is 0 Å². The molecule has 23 heavy (non-hydrogen) atoms. The average Bonchev–Trinajstić information content (AvgIpc) is 2.81. The summed E-state index contributed by atoms with van der Waals surface area (Å²) in [5, 5.41) is 16.2. The number of amides is 2. The molecule has 0 radical (unpaired) electrons. The van der Waals surface area contributed by atoms with E-state index in [0.29, 0.717) is 34.5 Å². The first kappa shape index (κ1) is 17.7. The lowest BCUT2D eigenvalue weighted by Gasteiger charge is -2.11. The largest absolute Gasteiger partial charge is 0.466 e. The van der Waals surface area contributed by atoms with Crippen molar-refractivity contribution in [1.82, 2.24) is 5.32 Å². The van der Waals surface area contributed by atoms with Crippen LogP contribution in [0.4, 0.5) is 10.5 Å². The van der Waals surface area contributed by atoms with Crippen molar-refractivity contribution in [2.24, 2.45) is 0 Å². The molecule has 2 aromatic rings. The number of halogens is 2. The highest BCUT2D eigenvalue weighted by Crippen LogP contribution is 2.25. The van der Waals surface area contributed by atoms with Gasteiger partial charge in [-0.3, -0.25) is 0 Å². The number of nitrogens with one attached hydrogen (secondary N) is 2. The van der Waals surface area contributed by atoms with Crippen molar-refractivity contribution in [3.8, 4) is 0 Å². The topological polar surface area (TPSA) is 74.5 Å². The van der Waals surface area contributed by atoms with Gasteiger partial charge in [0.2, 0.25) is 0 Å². The minimum atomic E-state index is -0.683. The van der Waals surface area contributed by atoms with Gasteiger partial charge in [0.15, 0.2) is 0 Å². The molecule has 3 N–H and O–H groups in total. The third-order valence-electron chi connectivity index (χ3n) is 3.32. The van der Waals surface area contributed by atoms with Gasteiger partial charge in [-0.2, -0.15) is 0 Å². The predicted molar refractivity (Wildman–Crippen MR) is 91.2 cm³/mol. The van der Waals surface area contributed by atoms with E-state index in [-0.39, 0.29) is 6.03 Å². The summed E-state index contributed by atoms with van der Waals surface area (Å²) < 4.78 is 5.38. The molecule has 1 aromatic carbocycles. The highest BCUT2D eigenvalue weighted by Gasteiger charge is 2.14. The maximum absolute atomic E-state index is 11.8. The lowest BCUT2D eigenvalue weighted by atomic mass is 10.1. The molecule has 1 atom stereocenters. The number of urea groups is 1. The number of hydrogen-bond acceptors (Lipinski definition) is 3. The molecule has 0 bridgehead atoms. The number of furan rings is 1. The van der Waals surface area contributed by atoms with Crippen molar-refractivity contribution in [3.05, 3.63) is 51.4 Å². The second-order valence-electron chi connectivity index (χ2n) is 5.18. The Balaban J connectivity index is 1.80. The minimum Gasteiger partial charge on any atom is -0.466 e. The van der Waals surface area contributed by atoms with Gasteiger partial charge in [0, 0.05) is 17.8 Å². The van der Waals surface area contributed by atoms with Crippen LogP contribution in [0.1, 0.15) is 29.6 Å². The maximum atomic E-state index is 11.8. The molecular formula is C16H18Cl2N2O3. The van der Waals surface area contributed by atoms with Crippen LogP contribution < -0.4 is 10.6 Å². The fourth-order valence-electron chi connectivity index (χ4n) is 2.21. The van der Waals surface area contributed by atoms with E-state index in [2.05, 4.69) is 10.6 Å². The van der Waals surface area contributed by atoms with Gasteiger partial charge in [0.1, 0.15) is 11.5 Å². The lowest BCUT2D eigenvalue weighted by molar-refractivity contribution is 0.165. The molecule has 0 aliphatic carbocycles. The van der Waals surface area contributed by atoms with Crippen LogP contribution >= 0.6 is 23.2 Å². The van der Waals surface area contributed by atoms with E-state index >= 15 is 0 Å². The van der Waals surface area contributed by atoms with Crippen molar-refractivity contribution in [2.75, 3.05) is 11.9 Å². The summed E-state index contributed by atoms with van der Waals surface area (Å²) in [7, 11) is 0. The lowest BCUT2D eigenvalue weighted by Crippen LogP contribution is -2.30. The zero-order chi connectivity index (χ0) is 17.0. The first-order chi connectivity index (χ1) is 10.9. The van der Waals surface area contributed by atoms with Crippen LogP contribution in [0.2, 0.25) is 10.0 Å². The number of aliphatic hydroxyl groups is 1. The monoisotopic (exact) mass is 356 g/mol. The van der Waals surface area contributed by atoms with Crippen LogP contribution in [-0.2, 0) is 0 Å². The van der Waals surface area contributed by atoms with E-state index in [4.69, 9.17) is 27.6 Å². The number of anilines is 1. The molecule has 2 amide bonds. The smallest absolute Gasteiger partial charge is 0.319 e. The maximum Gasteiger partial charge on any atom is 0.319 e. The normalized spacial score (nSPS) is 12.0. The van der Waals surface area contributed by atoms with Crippen LogP contribution in [0.5, 0.6) is 0 Å². The number of carbonyl (C=O) groups is 1. The fraction of sp³-hybridized carbons (Fsp3) is 0.312. The van der Waals surface area contributed by atoms with Gasteiger partial charge in [0.05, 0.1) is 16.1 Å². The Morgan fingerprint density at radius 3 is 2.61 bits per heavy atom. The number of rotatable bonds is 5. The van der Waals surface area contributed by atoms with Crippen molar-refractivity contribution in [1.29, 1.82) is 0 Å². The molecule has 0 fully saturated rings. The summed E-state index contributed by atoms with van der Waals surface area (Å²) in [5.41, 5.74) is 1.29. The zero-order valence-corrected chi connectivity index (χ0v) is 14.3. The molecule has 7 heteroatoms. The van der Waals surface area contributed by atoms with E-state index in [0.717, 1.165) is 11.3 Å². The van der Waals surface area contributed by atoms with Gasteiger partial charge in [-0.25, -0.2) is 4.79 Å². The molecule has 124 valence electrons. The highest BCUT2D eigenvalue weighted by atomic mass is 35.5. The van der Waals surface area contributed by atoms with E-state index in [1.54, 1.807) is 31.2 Å². The van der Waals surface area contributed by atoms with Crippen LogP contribution in [-0.4, -0.2) is 17.7 Å². The van der Waals surface area contributed by atoms with Crippen molar-refractivity contribution >= 4 is 34.9 Å². The average molecular weight is 357 g/mol. The quantitative estimate of drug-likeness (QED) is 0.740. The Morgan fingerprint density at radius 1 is 1.26 bits per heavy atom. The number of aliphatic hydroxyl groups excluding tert-OH is 1. The first-order valence-electron chi connectivity index (χ1n) is 7.11. The van der Waals surface area contributed by atoms with Gasteiger partial charge in [0.25, 0.3) is 0 Å². The predicted octanol–water partition coefficient (Wildman–Crippen LogP) is 4.45. The van der Waals surface area contributed by atoms with Crippen molar-refractivity contribution in [3.63, 3.8) is 0 Å². The van der Waals surface area contributed by atoms with Crippen LogP contribution in [0.25, 0.3) is 0 Å². The van der Waals surface area contributed by atoms with E-state index in [9.17, 15) is 9.90 Å². The SMILES string of the molecule is Cc1cc(C(O)CCNC(=O)Nc2ccc(Cl)c(Cl)c2)c(C)o1. The third kappa shape index (κ3) is 4.89. The number of carbonyl (C=O) groups excluding carboxylic acids is 1. The second kappa shape index (κ2) is 7.73. The summed E-state index contributed by atoms with van der Waals surface area (Å²) in [5.74, 6) is 1.44. The Morgan fingerprint density at radius 2 is 2.00 bits per heavy atom. The summed E-state index contributed by atoms with van der Waals surface area (Å²) in [6.07, 6.45) is -0.299. The third-order valence-corrected chi connectivity index (χ3v) is 4.06. The molecule has 5 nitrogen and oxygen atoms in total. The van der Waals surface area contributed by atoms with Crippen LogP contribution in [0.15, 0.2) is 28.7 Å². The van der Waals surface area contributed by atoms with Crippen LogP contribution in [0, 0.1) is 13.8 Å². The van der Waals surface area contributed by atoms with E-state index < -0.39 is 6.10 Å². The Bertz CT molecular complexity index is 701. The number of benzene rings is 1. The molecule has 0 aliphatic rings. The molecule has 0 saturated carbocycles. The molecule has 1 unspecified atom stereocenters. The second-order valence-corrected chi connectivity index (χ2v) is 6.00. The Labute approximate surface area is 144 Å². The molecule has 1 aromatic heterocycles. The summed E-state index contributed by atoms with van der Waals surface area (Å²) >= 11 is 11.7. The molecule has 0 aliphatic heterocycles. The van der Waals surface area contributed by atoms with Gasteiger partial charge >= 0.3 is 6.03 Å². The number of hydrogen-bond donors (Lipinski definition) is 3. The molecule has 0 saturated heterocycles. The summed E-state index contributed by atoms with van der Waals surface area (Å²) in [4.78, 5) is 11.8. The van der Waals surface area contributed by atoms with E-state index in [1.807, 2.05) is 6.92 Å². The standard InChI is InChI=1S/C16H18Cl2N2O3/c1-9-7-12(10(2)23-9)15(21)5-6-19-16(22)20-11-3-4-13(17)14(18)8-11/h3-4,7-8,15,21H,5-6H2,1-2H3,(H2,19,20,22). The van der Waals surface area contributed by atoms with Crippen LogP contribution in [0.3, 0.4) is 0 Å². The van der Waals surface area contributed by atoms with E-state index in [1.165, 1.54) is 0 Å². The molecular weight excluding hydrogens is 339 g/mol. The van der Waals surface area contributed by atoms with Gasteiger partial charge < -0.3 is 20.2 Å². The molecule has 2 rings (SSSR count). The zero-order valence-electron chi connectivity index (χ0n) is 12.8. The number of aryl methyl sites for hydroxylation is 2. The molecule has 0 spiro atoms. The fourth-order valence-corrected chi connectivity index (χ4v) is 2.51. The summed E-state index contributed by atoms with van der Waals surface area (Å²) in [6, 6.07) is 6.25. The highest BCUT2D eigenvalue weighted by molar-refractivity contribution is 6.42. The Kier molecular flexibility index (Phi) is 5.93. The summed E-state index contributed by atoms with van der Waals surface area (Å²) in [6.45, 7) is 3.94. The van der Waals surface area contributed by atoms with Crippen molar-refractivity contribution < 1.29 is 14.3 Å². The van der Waals surface area contributed by atoms with Gasteiger partial charge in [-0.1, -0.05) is 23.2 Å². The van der Waals surface area contributed by atoms with Crippen molar-refractivity contribution in [2.45, 2.75) is 26.4 Å². The first-order valence-corrected chi connectivity index (χ1v) is 7.87. The minimum absolute atomic E-state index is 0.317.